The maximum atomic E-state index is 14.1. The fourth-order valence-corrected chi connectivity index (χ4v) is 2.86. The van der Waals surface area contributed by atoms with Crippen LogP contribution in [0, 0.1) is 19.7 Å². The van der Waals surface area contributed by atoms with E-state index in [4.69, 9.17) is 11.6 Å². The minimum Gasteiger partial charge on any atom is -0.313 e. The summed E-state index contributed by atoms with van der Waals surface area (Å²) in [4.78, 5) is 0. The largest absolute Gasteiger partial charge is 0.313 e. The summed E-state index contributed by atoms with van der Waals surface area (Å²) in [6.45, 7) is 4.16. The number of hydrogen-bond acceptors (Lipinski definition) is 1. The van der Waals surface area contributed by atoms with Gasteiger partial charge in [0.1, 0.15) is 5.82 Å². The van der Waals surface area contributed by atoms with E-state index < -0.39 is 0 Å². The summed E-state index contributed by atoms with van der Waals surface area (Å²) in [6, 6.07) is 10.9. The second-order valence-corrected chi connectivity index (χ2v) is 5.46. The van der Waals surface area contributed by atoms with E-state index in [9.17, 15) is 4.39 Å². The van der Waals surface area contributed by atoms with Gasteiger partial charge >= 0.3 is 0 Å². The van der Waals surface area contributed by atoms with Crippen molar-refractivity contribution in [2.45, 2.75) is 26.3 Å². The molecule has 0 bridgehead atoms. The van der Waals surface area contributed by atoms with E-state index in [1.807, 2.05) is 13.1 Å². The van der Waals surface area contributed by atoms with Crippen LogP contribution in [0.1, 0.15) is 28.3 Å². The predicted molar refractivity (Wildman–Crippen MR) is 82.8 cm³/mol. The van der Waals surface area contributed by atoms with Crippen molar-refractivity contribution in [2.75, 3.05) is 7.05 Å². The zero-order chi connectivity index (χ0) is 14.7. The van der Waals surface area contributed by atoms with E-state index in [1.54, 1.807) is 12.1 Å². The molecule has 0 amide bonds. The monoisotopic (exact) mass is 291 g/mol. The summed E-state index contributed by atoms with van der Waals surface area (Å²) in [7, 11) is 1.83. The molecule has 2 rings (SSSR count). The molecule has 0 aliphatic rings. The Morgan fingerprint density at radius 3 is 2.25 bits per heavy atom. The Bertz CT molecular complexity index is 569. The molecule has 0 saturated carbocycles. The number of rotatable bonds is 4. The smallest absolute Gasteiger partial charge is 0.129 e. The van der Waals surface area contributed by atoms with Gasteiger partial charge < -0.3 is 5.32 Å². The molecule has 2 aromatic rings. The molecule has 0 aliphatic carbocycles. The van der Waals surface area contributed by atoms with Crippen molar-refractivity contribution in [1.82, 2.24) is 5.32 Å². The van der Waals surface area contributed by atoms with Crippen LogP contribution >= 0.6 is 11.6 Å². The molecule has 0 radical (unpaired) electrons. The van der Waals surface area contributed by atoms with Gasteiger partial charge in [-0.05, 0) is 56.1 Å². The average molecular weight is 292 g/mol. The standard InChI is InChI=1S/C17H19ClFN/c1-11-6-4-7-12(2)13(11)10-16(20-3)17-14(18)8-5-9-15(17)19/h4-9,16,20H,10H2,1-3H3. The molecule has 1 atom stereocenters. The molecule has 106 valence electrons. The number of likely N-dealkylation sites (N-methyl/N-ethyl adjacent to an activating group) is 1. The van der Waals surface area contributed by atoms with Gasteiger partial charge in [0.2, 0.25) is 0 Å². The van der Waals surface area contributed by atoms with Gasteiger partial charge in [-0.15, -0.1) is 0 Å². The lowest BCUT2D eigenvalue weighted by molar-refractivity contribution is 0.533. The minimum absolute atomic E-state index is 0.136. The fraction of sp³-hybridized carbons (Fsp3) is 0.294. The van der Waals surface area contributed by atoms with Crippen LogP contribution in [-0.4, -0.2) is 7.05 Å². The summed E-state index contributed by atoms with van der Waals surface area (Å²) < 4.78 is 14.1. The second kappa shape index (κ2) is 6.38. The number of hydrogen-bond donors (Lipinski definition) is 1. The van der Waals surface area contributed by atoms with Gasteiger partial charge in [0.15, 0.2) is 0 Å². The molecule has 20 heavy (non-hydrogen) atoms. The third-order valence-corrected chi connectivity index (χ3v) is 4.08. The minimum atomic E-state index is -0.261. The molecular weight excluding hydrogens is 273 g/mol. The van der Waals surface area contributed by atoms with Crippen LogP contribution in [0.2, 0.25) is 5.02 Å². The number of nitrogens with one attached hydrogen (secondary N) is 1. The highest BCUT2D eigenvalue weighted by atomic mass is 35.5. The first kappa shape index (κ1) is 15.0. The van der Waals surface area contributed by atoms with Crippen molar-refractivity contribution in [1.29, 1.82) is 0 Å². The second-order valence-electron chi connectivity index (χ2n) is 5.05. The summed E-state index contributed by atoms with van der Waals surface area (Å²) in [6.07, 6.45) is 0.718. The molecule has 3 heteroatoms. The van der Waals surface area contributed by atoms with Gasteiger partial charge in [0, 0.05) is 16.6 Å². The Labute approximate surface area is 124 Å². The lowest BCUT2D eigenvalue weighted by Gasteiger charge is -2.21. The molecule has 1 N–H and O–H groups in total. The lowest BCUT2D eigenvalue weighted by Crippen LogP contribution is -2.21. The molecule has 0 aliphatic heterocycles. The zero-order valence-corrected chi connectivity index (χ0v) is 12.8. The maximum Gasteiger partial charge on any atom is 0.129 e. The molecule has 0 heterocycles. The molecule has 2 aromatic carbocycles. The van der Waals surface area contributed by atoms with Crippen LogP contribution in [0.25, 0.3) is 0 Å². The van der Waals surface area contributed by atoms with E-state index in [-0.39, 0.29) is 11.9 Å². The number of benzene rings is 2. The van der Waals surface area contributed by atoms with Crippen molar-refractivity contribution in [3.63, 3.8) is 0 Å². The van der Waals surface area contributed by atoms with Crippen molar-refractivity contribution in [3.8, 4) is 0 Å². The maximum absolute atomic E-state index is 14.1. The van der Waals surface area contributed by atoms with Crippen LogP contribution < -0.4 is 5.32 Å². The van der Waals surface area contributed by atoms with Crippen LogP contribution in [0.4, 0.5) is 4.39 Å². The Kier molecular flexibility index (Phi) is 4.79. The van der Waals surface area contributed by atoms with Gasteiger partial charge in [0.05, 0.1) is 0 Å². The van der Waals surface area contributed by atoms with Gasteiger partial charge in [-0.3, -0.25) is 0 Å². The average Bonchev–Trinajstić information content (AvgIpc) is 2.40. The quantitative estimate of drug-likeness (QED) is 0.868. The summed E-state index contributed by atoms with van der Waals surface area (Å²) >= 11 is 6.17. The lowest BCUT2D eigenvalue weighted by atomic mass is 9.93. The Morgan fingerprint density at radius 2 is 1.70 bits per heavy atom. The zero-order valence-electron chi connectivity index (χ0n) is 12.0. The third kappa shape index (κ3) is 3.02. The highest BCUT2D eigenvalue weighted by Crippen LogP contribution is 2.29. The molecule has 1 nitrogen and oxygen atoms in total. The van der Waals surface area contributed by atoms with Gasteiger partial charge in [-0.1, -0.05) is 35.9 Å². The highest BCUT2D eigenvalue weighted by Gasteiger charge is 2.19. The van der Waals surface area contributed by atoms with E-state index in [2.05, 4.69) is 31.3 Å². The van der Waals surface area contributed by atoms with Crippen LogP contribution in [0.5, 0.6) is 0 Å². The topological polar surface area (TPSA) is 12.0 Å². The predicted octanol–water partition coefficient (Wildman–Crippen LogP) is 4.60. The van der Waals surface area contributed by atoms with Crippen LogP contribution in [0.15, 0.2) is 36.4 Å². The Morgan fingerprint density at radius 1 is 1.10 bits per heavy atom. The SMILES string of the molecule is CNC(Cc1c(C)cccc1C)c1c(F)cccc1Cl. The van der Waals surface area contributed by atoms with Gasteiger partial charge in [-0.25, -0.2) is 4.39 Å². The fourth-order valence-electron chi connectivity index (χ4n) is 2.57. The molecule has 0 aromatic heterocycles. The number of aryl methyl sites for hydroxylation is 2. The van der Waals surface area contributed by atoms with Crippen molar-refractivity contribution < 1.29 is 4.39 Å². The summed E-state index contributed by atoms with van der Waals surface area (Å²) in [5.74, 6) is -0.261. The normalized spacial score (nSPS) is 12.4. The van der Waals surface area contributed by atoms with E-state index >= 15 is 0 Å². The van der Waals surface area contributed by atoms with Crippen LogP contribution in [0.3, 0.4) is 0 Å². The first-order valence-electron chi connectivity index (χ1n) is 6.71. The molecule has 0 spiro atoms. The van der Waals surface area contributed by atoms with E-state index in [0.717, 1.165) is 6.42 Å². The molecule has 1 unspecified atom stereocenters. The van der Waals surface area contributed by atoms with E-state index in [0.29, 0.717) is 10.6 Å². The first-order valence-corrected chi connectivity index (χ1v) is 7.08. The van der Waals surface area contributed by atoms with Gasteiger partial charge in [-0.2, -0.15) is 0 Å². The first-order chi connectivity index (χ1) is 9.54. The summed E-state index contributed by atoms with van der Waals surface area (Å²) in [5, 5.41) is 3.65. The number of halogens is 2. The highest BCUT2D eigenvalue weighted by molar-refractivity contribution is 6.31. The Balaban J connectivity index is 2.39. The van der Waals surface area contributed by atoms with Crippen molar-refractivity contribution in [2.24, 2.45) is 0 Å². The van der Waals surface area contributed by atoms with Gasteiger partial charge in [0.25, 0.3) is 0 Å². The molecule has 0 fully saturated rings. The Hall–Kier alpha value is -1.38. The van der Waals surface area contributed by atoms with Crippen molar-refractivity contribution >= 4 is 11.6 Å². The van der Waals surface area contributed by atoms with Crippen molar-refractivity contribution in [3.05, 3.63) is 69.5 Å². The van der Waals surface area contributed by atoms with Crippen LogP contribution in [-0.2, 0) is 6.42 Å². The molecular formula is C17H19ClFN. The van der Waals surface area contributed by atoms with E-state index in [1.165, 1.54) is 22.8 Å². The molecule has 0 saturated heterocycles. The third-order valence-electron chi connectivity index (χ3n) is 3.75. The summed E-state index contributed by atoms with van der Waals surface area (Å²) in [5.41, 5.74) is 4.22.